The minimum Gasteiger partial charge on any atom is -0.503 e. The quantitative estimate of drug-likeness (QED) is 0.496. The van der Waals surface area contributed by atoms with Crippen LogP contribution in [-0.4, -0.2) is 45.9 Å². The first-order valence-electron chi connectivity index (χ1n) is 10.1. The topological polar surface area (TPSA) is 79.7 Å². The van der Waals surface area contributed by atoms with Gasteiger partial charge in [0, 0.05) is 13.2 Å². The van der Waals surface area contributed by atoms with Gasteiger partial charge in [-0.25, -0.2) is 4.98 Å². The predicted octanol–water partition coefficient (Wildman–Crippen LogP) is 4.46. The maximum Gasteiger partial charge on any atom is 0.290 e. The molecule has 0 fully saturated rings. The third-order valence-electron chi connectivity index (χ3n) is 5.14. The van der Waals surface area contributed by atoms with Crippen LogP contribution in [0.5, 0.6) is 0 Å². The summed E-state index contributed by atoms with van der Waals surface area (Å²) < 4.78 is 5.60. The van der Waals surface area contributed by atoms with E-state index in [-0.39, 0.29) is 17.5 Å². The number of carbonyl (C=O) groups is 2. The van der Waals surface area contributed by atoms with E-state index in [9.17, 15) is 14.7 Å². The van der Waals surface area contributed by atoms with Gasteiger partial charge in [-0.1, -0.05) is 24.3 Å². The van der Waals surface area contributed by atoms with Gasteiger partial charge < -0.3 is 14.7 Å². The summed E-state index contributed by atoms with van der Waals surface area (Å²) >= 11 is 1.28. The first-order valence-corrected chi connectivity index (χ1v) is 10.9. The molecule has 0 aliphatic carbocycles. The van der Waals surface area contributed by atoms with Crippen LogP contribution in [0, 0.1) is 20.8 Å². The zero-order valence-corrected chi connectivity index (χ0v) is 18.9. The summed E-state index contributed by atoms with van der Waals surface area (Å²) in [6, 6.07) is 7.01. The molecule has 0 bridgehead atoms. The van der Waals surface area contributed by atoms with Gasteiger partial charge in [0.25, 0.3) is 5.91 Å². The van der Waals surface area contributed by atoms with Crippen LogP contribution in [-0.2, 0) is 9.53 Å². The number of aryl methyl sites for hydroxylation is 3. The van der Waals surface area contributed by atoms with Crippen molar-refractivity contribution in [3.05, 3.63) is 62.3 Å². The summed E-state index contributed by atoms with van der Waals surface area (Å²) in [5.41, 5.74) is 2.53. The average Bonchev–Trinajstić information content (AvgIpc) is 3.15. The molecule has 1 N–H and O–H groups in total. The molecule has 2 heterocycles. The molecule has 160 valence electrons. The molecule has 0 radical (unpaired) electrons. The number of aromatic nitrogens is 1. The van der Waals surface area contributed by atoms with E-state index in [1.165, 1.54) is 11.3 Å². The number of amides is 1. The number of rotatable bonds is 8. The Labute approximate surface area is 181 Å². The smallest absolute Gasteiger partial charge is 0.290 e. The lowest BCUT2D eigenvalue weighted by molar-refractivity contribution is -0.129. The SMILES string of the molecule is Cc1nc(C)c(C(=O)C2=C(O)C(=O)N(CCCOC(C)C)C2c2ccccc2C)s1. The number of aliphatic hydroxyl groups is 1. The van der Waals surface area contributed by atoms with Crippen molar-refractivity contribution in [2.45, 2.75) is 53.2 Å². The summed E-state index contributed by atoms with van der Waals surface area (Å²) in [5, 5.41) is 11.5. The zero-order valence-electron chi connectivity index (χ0n) is 18.1. The largest absolute Gasteiger partial charge is 0.503 e. The van der Waals surface area contributed by atoms with E-state index in [4.69, 9.17) is 4.74 Å². The van der Waals surface area contributed by atoms with E-state index >= 15 is 0 Å². The van der Waals surface area contributed by atoms with Crippen molar-refractivity contribution >= 4 is 23.0 Å². The van der Waals surface area contributed by atoms with Gasteiger partial charge in [0.05, 0.1) is 33.3 Å². The van der Waals surface area contributed by atoms with Crippen molar-refractivity contribution in [1.29, 1.82) is 0 Å². The average molecular weight is 429 g/mol. The van der Waals surface area contributed by atoms with Crippen molar-refractivity contribution in [3.63, 3.8) is 0 Å². The lowest BCUT2D eigenvalue weighted by Crippen LogP contribution is -2.33. The van der Waals surface area contributed by atoms with Crippen LogP contribution in [0.2, 0.25) is 0 Å². The molecular formula is C23H28N2O4S. The monoisotopic (exact) mass is 428 g/mol. The summed E-state index contributed by atoms with van der Waals surface area (Å²) in [6.07, 6.45) is 0.715. The van der Waals surface area contributed by atoms with Crippen molar-refractivity contribution in [2.75, 3.05) is 13.2 Å². The Kier molecular flexibility index (Phi) is 6.73. The first kappa shape index (κ1) is 22.2. The van der Waals surface area contributed by atoms with Gasteiger partial charge in [0.15, 0.2) is 5.76 Å². The number of carbonyl (C=O) groups excluding carboxylic acids is 2. The van der Waals surface area contributed by atoms with Crippen molar-refractivity contribution < 1.29 is 19.4 Å². The standard InChI is InChI=1S/C23H28N2O4S/c1-13(2)29-12-8-11-25-19(17-10-7-6-9-14(17)3)18(21(27)23(25)28)20(26)22-15(4)24-16(5)30-22/h6-7,9-10,13,19,27H,8,11-12H2,1-5H3. The third-order valence-corrected chi connectivity index (χ3v) is 6.21. The van der Waals surface area contributed by atoms with Crippen LogP contribution >= 0.6 is 11.3 Å². The number of hydrogen-bond acceptors (Lipinski definition) is 6. The van der Waals surface area contributed by atoms with Gasteiger partial charge in [-0.05, 0) is 52.2 Å². The number of benzene rings is 1. The van der Waals surface area contributed by atoms with Crippen molar-refractivity contribution in [2.24, 2.45) is 0 Å². The zero-order chi connectivity index (χ0) is 22.0. The minimum absolute atomic E-state index is 0.104. The molecule has 2 aromatic rings. The molecule has 1 unspecified atom stereocenters. The molecular weight excluding hydrogens is 400 g/mol. The van der Waals surface area contributed by atoms with Crippen LogP contribution in [0.15, 0.2) is 35.6 Å². The lowest BCUT2D eigenvalue weighted by atomic mass is 9.92. The summed E-state index contributed by atoms with van der Waals surface area (Å²) in [5.74, 6) is -1.32. The fraction of sp³-hybridized carbons (Fsp3) is 0.435. The highest BCUT2D eigenvalue weighted by Crippen LogP contribution is 2.41. The van der Waals surface area contributed by atoms with E-state index in [0.29, 0.717) is 30.1 Å². The second kappa shape index (κ2) is 9.10. The van der Waals surface area contributed by atoms with Gasteiger partial charge in [0.1, 0.15) is 0 Å². The molecule has 0 saturated heterocycles. The fourth-order valence-corrected chi connectivity index (χ4v) is 4.63. The molecule has 1 aromatic carbocycles. The molecule has 1 aromatic heterocycles. The van der Waals surface area contributed by atoms with Crippen LogP contribution < -0.4 is 0 Å². The van der Waals surface area contributed by atoms with Gasteiger partial charge >= 0.3 is 0 Å². The highest BCUT2D eigenvalue weighted by molar-refractivity contribution is 7.14. The molecule has 0 spiro atoms. The third kappa shape index (κ3) is 4.32. The first-order chi connectivity index (χ1) is 14.2. The molecule has 1 aliphatic rings. The highest BCUT2D eigenvalue weighted by Gasteiger charge is 2.44. The highest BCUT2D eigenvalue weighted by atomic mass is 32.1. The Balaban J connectivity index is 2.00. The molecule has 30 heavy (non-hydrogen) atoms. The maximum absolute atomic E-state index is 13.4. The van der Waals surface area contributed by atoms with Gasteiger partial charge in [-0.3, -0.25) is 9.59 Å². The van der Waals surface area contributed by atoms with Crippen LogP contribution in [0.3, 0.4) is 0 Å². The summed E-state index contributed by atoms with van der Waals surface area (Å²) in [4.78, 5) is 32.8. The second-order valence-electron chi connectivity index (χ2n) is 7.77. The van der Waals surface area contributed by atoms with Gasteiger partial charge in [-0.15, -0.1) is 11.3 Å². The van der Waals surface area contributed by atoms with Gasteiger partial charge in [-0.2, -0.15) is 0 Å². The number of Topliss-reactive ketones (excluding diaryl/α,β-unsaturated/α-hetero) is 1. The van der Waals surface area contributed by atoms with Crippen LogP contribution in [0.4, 0.5) is 0 Å². The Morgan fingerprint density at radius 2 is 1.97 bits per heavy atom. The molecule has 7 heteroatoms. The minimum atomic E-state index is -0.632. The predicted molar refractivity (Wildman–Crippen MR) is 117 cm³/mol. The number of hydrogen-bond donors (Lipinski definition) is 1. The van der Waals surface area contributed by atoms with Crippen LogP contribution in [0.25, 0.3) is 0 Å². The number of thiazole rings is 1. The Morgan fingerprint density at radius 1 is 1.27 bits per heavy atom. The fourth-order valence-electron chi connectivity index (χ4n) is 3.75. The van der Waals surface area contributed by atoms with Crippen molar-refractivity contribution in [3.8, 4) is 0 Å². The van der Waals surface area contributed by atoms with E-state index in [1.54, 1.807) is 11.8 Å². The molecule has 1 amide bonds. The van der Waals surface area contributed by atoms with E-state index in [0.717, 1.165) is 16.1 Å². The molecule has 6 nitrogen and oxygen atoms in total. The second-order valence-corrected chi connectivity index (χ2v) is 8.97. The lowest BCUT2D eigenvalue weighted by Gasteiger charge is -2.28. The van der Waals surface area contributed by atoms with Crippen molar-refractivity contribution in [1.82, 2.24) is 9.88 Å². The van der Waals surface area contributed by atoms with Gasteiger partial charge in [0.2, 0.25) is 5.78 Å². The number of ketones is 1. The normalized spacial score (nSPS) is 16.8. The van der Waals surface area contributed by atoms with E-state index < -0.39 is 17.7 Å². The number of ether oxygens (including phenoxy) is 1. The summed E-state index contributed by atoms with van der Waals surface area (Å²) in [7, 11) is 0. The maximum atomic E-state index is 13.4. The Hall–Kier alpha value is -2.51. The Bertz CT molecular complexity index is 993. The number of nitrogens with zero attached hydrogens (tertiary/aromatic N) is 2. The number of aliphatic hydroxyl groups excluding tert-OH is 1. The van der Waals surface area contributed by atoms with Crippen LogP contribution in [0.1, 0.15) is 57.8 Å². The summed E-state index contributed by atoms with van der Waals surface area (Å²) in [6.45, 7) is 10.4. The van der Waals surface area contributed by atoms with E-state index in [2.05, 4.69) is 4.98 Å². The van der Waals surface area contributed by atoms with E-state index in [1.807, 2.05) is 52.0 Å². The Morgan fingerprint density at radius 3 is 2.57 bits per heavy atom. The molecule has 1 atom stereocenters. The molecule has 1 aliphatic heterocycles. The molecule has 3 rings (SSSR count). The molecule has 0 saturated carbocycles.